The first-order valence-corrected chi connectivity index (χ1v) is 8.21. The predicted octanol–water partition coefficient (Wildman–Crippen LogP) is 2.47. The van der Waals surface area contributed by atoms with Gasteiger partial charge in [0.05, 0.1) is 6.61 Å². The Balaban J connectivity index is 1.88. The summed E-state index contributed by atoms with van der Waals surface area (Å²) in [4.78, 5) is 15.8. The van der Waals surface area contributed by atoms with E-state index in [0.717, 1.165) is 25.0 Å². The molecule has 0 amide bonds. The number of ether oxygens (including phenoxy) is 1. The SMILES string of the molecule is CCNc1nc(OCC)nc(N2CCCC3CCCC32)n1. The zero-order valence-electron chi connectivity index (χ0n) is 13.0. The summed E-state index contributed by atoms with van der Waals surface area (Å²) < 4.78 is 5.51. The van der Waals surface area contributed by atoms with Gasteiger partial charge in [0.25, 0.3) is 0 Å². The molecule has 6 nitrogen and oxygen atoms in total. The molecule has 1 aromatic rings. The minimum Gasteiger partial charge on any atom is -0.464 e. The first-order valence-electron chi connectivity index (χ1n) is 8.21. The van der Waals surface area contributed by atoms with Crippen LogP contribution in [0.1, 0.15) is 46.0 Å². The highest BCUT2D eigenvalue weighted by Gasteiger charge is 2.36. The molecule has 3 rings (SSSR count). The van der Waals surface area contributed by atoms with Crippen LogP contribution in [-0.4, -0.2) is 40.7 Å². The van der Waals surface area contributed by atoms with Gasteiger partial charge in [0, 0.05) is 19.1 Å². The maximum Gasteiger partial charge on any atom is 0.323 e. The molecule has 0 radical (unpaired) electrons. The van der Waals surface area contributed by atoms with Crippen LogP contribution < -0.4 is 15.0 Å². The van der Waals surface area contributed by atoms with Crippen molar-refractivity contribution >= 4 is 11.9 Å². The number of fused-ring (bicyclic) bond motifs is 1. The third kappa shape index (κ3) is 3.04. The molecule has 1 saturated carbocycles. The van der Waals surface area contributed by atoms with Crippen molar-refractivity contribution in [3.63, 3.8) is 0 Å². The van der Waals surface area contributed by atoms with Crippen molar-refractivity contribution in [1.82, 2.24) is 15.0 Å². The summed E-state index contributed by atoms with van der Waals surface area (Å²) in [5.41, 5.74) is 0. The Hall–Kier alpha value is -1.59. The molecule has 21 heavy (non-hydrogen) atoms. The fourth-order valence-electron chi connectivity index (χ4n) is 3.61. The molecule has 2 heterocycles. The normalized spacial score (nSPS) is 24.8. The van der Waals surface area contributed by atoms with Crippen molar-refractivity contribution in [2.24, 2.45) is 5.92 Å². The van der Waals surface area contributed by atoms with Crippen LogP contribution in [0.25, 0.3) is 0 Å². The van der Waals surface area contributed by atoms with Crippen molar-refractivity contribution in [2.45, 2.75) is 52.0 Å². The van der Waals surface area contributed by atoms with Gasteiger partial charge in [0.1, 0.15) is 0 Å². The second-order valence-electron chi connectivity index (χ2n) is 5.80. The van der Waals surface area contributed by atoms with Crippen molar-refractivity contribution in [2.75, 3.05) is 29.9 Å². The van der Waals surface area contributed by atoms with Crippen LogP contribution in [0.15, 0.2) is 0 Å². The smallest absolute Gasteiger partial charge is 0.323 e. The van der Waals surface area contributed by atoms with Crippen molar-refractivity contribution in [3.8, 4) is 6.01 Å². The molecule has 6 heteroatoms. The summed E-state index contributed by atoms with van der Waals surface area (Å²) in [6.07, 6.45) is 6.52. The molecule has 1 saturated heterocycles. The van der Waals surface area contributed by atoms with Crippen LogP contribution in [0.3, 0.4) is 0 Å². The van der Waals surface area contributed by atoms with Gasteiger partial charge in [0.15, 0.2) is 0 Å². The summed E-state index contributed by atoms with van der Waals surface area (Å²) >= 11 is 0. The van der Waals surface area contributed by atoms with E-state index in [1.807, 2.05) is 13.8 Å². The van der Waals surface area contributed by atoms with Gasteiger partial charge in [-0.1, -0.05) is 6.42 Å². The monoisotopic (exact) mass is 291 g/mol. The summed E-state index contributed by atoms with van der Waals surface area (Å²) in [6, 6.07) is 1.03. The lowest BCUT2D eigenvalue weighted by Crippen LogP contribution is -2.43. The molecule has 2 atom stereocenters. The highest BCUT2D eigenvalue weighted by molar-refractivity contribution is 5.40. The van der Waals surface area contributed by atoms with Crippen molar-refractivity contribution in [1.29, 1.82) is 0 Å². The van der Waals surface area contributed by atoms with Gasteiger partial charge < -0.3 is 15.0 Å². The molecule has 0 aromatic carbocycles. The van der Waals surface area contributed by atoms with E-state index in [9.17, 15) is 0 Å². The van der Waals surface area contributed by atoms with E-state index in [1.54, 1.807) is 0 Å². The first kappa shape index (κ1) is 14.4. The number of aromatic nitrogens is 3. The van der Waals surface area contributed by atoms with Crippen LogP contribution in [0.4, 0.5) is 11.9 Å². The predicted molar refractivity (Wildman–Crippen MR) is 82.9 cm³/mol. The molecule has 1 aliphatic carbocycles. The Bertz CT molecular complexity index is 457. The van der Waals surface area contributed by atoms with Gasteiger partial charge in [-0.05, 0) is 45.4 Å². The second kappa shape index (κ2) is 6.45. The summed E-state index contributed by atoms with van der Waals surface area (Å²) in [5, 5.41) is 3.18. The highest BCUT2D eigenvalue weighted by atomic mass is 16.5. The lowest BCUT2D eigenvalue weighted by molar-refractivity contribution is 0.309. The number of nitrogens with one attached hydrogen (secondary N) is 1. The number of piperidine rings is 1. The number of hydrogen-bond donors (Lipinski definition) is 1. The molecule has 1 N–H and O–H groups in total. The molecule has 0 spiro atoms. The summed E-state index contributed by atoms with van der Waals surface area (Å²) in [7, 11) is 0. The molecular weight excluding hydrogens is 266 g/mol. The Morgan fingerprint density at radius 2 is 2.00 bits per heavy atom. The van der Waals surface area contributed by atoms with Crippen molar-refractivity contribution < 1.29 is 4.74 Å². The van der Waals surface area contributed by atoms with Gasteiger partial charge in [-0.3, -0.25) is 0 Å². The Morgan fingerprint density at radius 3 is 2.81 bits per heavy atom. The number of rotatable bonds is 5. The highest BCUT2D eigenvalue weighted by Crippen LogP contribution is 2.38. The molecule has 1 aliphatic heterocycles. The van der Waals surface area contributed by atoms with E-state index in [1.165, 1.54) is 32.1 Å². The zero-order valence-corrected chi connectivity index (χ0v) is 13.0. The first-order chi connectivity index (χ1) is 10.3. The minimum absolute atomic E-state index is 0.429. The number of nitrogens with zero attached hydrogens (tertiary/aromatic N) is 4. The van der Waals surface area contributed by atoms with Gasteiger partial charge in [0.2, 0.25) is 11.9 Å². The van der Waals surface area contributed by atoms with Gasteiger partial charge in [-0.25, -0.2) is 0 Å². The van der Waals surface area contributed by atoms with Crippen LogP contribution >= 0.6 is 0 Å². The van der Waals surface area contributed by atoms with Crippen LogP contribution in [0.5, 0.6) is 6.01 Å². The van der Waals surface area contributed by atoms with E-state index in [0.29, 0.717) is 24.6 Å². The largest absolute Gasteiger partial charge is 0.464 e. The second-order valence-corrected chi connectivity index (χ2v) is 5.80. The van der Waals surface area contributed by atoms with Crippen LogP contribution in [0, 0.1) is 5.92 Å². The van der Waals surface area contributed by atoms with Crippen LogP contribution in [0.2, 0.25) is 0 Å². The Morgan fingerprint density at radius 1 is 1.14 bits per heavy atom. The molecule has 2 fully saturated rings. The Labute approximate surface area is 126 Å². The maximum atomic E-state index is 5.51. The fourth-order valence-corrected chi connectivity index (χ4v) is 3.61. The standard InChI is InChI=1S/C15H25N5O/c1-3-16-13-17-14(19-15(18-13)21-4-2)20-10-6-8-11-7-5-9-12(11)20/h11-12H,3-10H2,1-2H3,(H,16,17,18,19). The zero-order chi connectivity index (χ0) is 14.7. The maximum absolute atomic E-state index is 5.51. The lowest BCUT2D eigenvalue weighted by Gasteiger charge is -2.37. The molecule has 0 bridgehead atoms. The topological polar surface area (TPSA) is 63.2 Å². The van der Waals surface area contributed by atoms with E-state index in [-0.39, 0.29) is 0 Å². The lowest BCUT2D eigenvalue weighted by atomic mass is 9.92. The molecular formula is C15H25N5O. The molecule has 2 unspecified atom stereocenters. The Kier molecular flexibility index (Phi) is 4.41. The average Bonchev–Trinajstić information content (AvgIpc) is 2.96. The molecule has 116 valence electrons. The van der Waals surface area contributed by atoms with Crippen LogP contribution in [-0.2, 0) is 0 Å². The molecule has 1 aromatic heterocycles. The van der Waals surface area contributed by atoms with E-state index < -0.39 is 0 Å². The van der Waals surface area contributed by atoms with Gasteiger partial charge in [-0.2, -0.15) is 15.0 Å². The van der Waals surface area contributed by atoms with Gasteiger partial charge in [-0.15, -0.1) is 0 Å². The minimum atomic E-state index is 0.429. The number of anilines is 2. The average molecular weight is 291 g/mol. The van der Waals surface area contributed by atoms with Crippen molar-refractivity contribution in [3.05, 3.63) is 0 Å². The molecule has 2 aliphatic rings. The third-order valence-corrected chi connectivity index (χ3v) is 4.46. The fraction of sp³-hybridized carbons (Fsp3) is 0.800. The number of hydrogen-bond acceptors (Lipinski definition) is 6. The quantitative estimate of drug-likeness (QED) is 0.899. The summed E-state index contributed by atoms with van der Waals surface area (Å²) in [5.74, 6) is 2.21. The van der Waals surface area contributed by atoms with E-state index >= 15 is 0 Å². The summed E-state index contributed by atoms with van der Waals surface area (Å²) in [6.45, 7) is 6.40. The third-order valence-electron chi connectivity index (χ3n) is 4.46. The van der Waals surface area contributed by atoms with E-state index in [4.69, 9.17) is 4.74 Å². The van der Waals surface area contributed by atoms with E-state index in [2.05, 4.69) is 25.2 Å². The van der Waals surface area contributed by atoms with Gasteiger partial charge >= 0.3 is 6.01 Å².